The van der Waals surface area contributed by atoms with Crippen LogP contribution in [0.2, 0.25) is 10.2 Å². The molecule has 0 saturated heterocycles. The SMILES string of the molecule is C[C@@H](NC(=O)Cn1c(Cl)cnc(NCCc2cccc[n+]2[O-])c1=O)c1cccc(Cl)c1. The normalized spacial score (nSPS) is 11.7. The van der Waals surface area contributed by atoms with Crippen LogP contribution in [0.3, 0.4) is 0 Å². The largest absolute Gasteiger partial charge is 0.619 e. The van der Waals surface area contributed by atoms with Gasteiger partial charge in [0.25, 0.3) is 5.56 Å². The minimum Gasteiger partial charge on any atom is -0.619 e. The van der Waals surface area contributed by atoms with Crippen molar-refractivity contribution < 1.29 is 9.52 Å². The third-order valence-electron chi connectivity index (χ3n) is 4.61. The van der Waals surface area contributed by atoms with Gasteiger partial charge in [0.15, 0.2) is 17.7 Å². The Morgan fingerprint density at radius 1 is 1.26 bits per heavy atom. The lowest BCUT2D eigenvalue weighted by atomic mass is 10.1. The van der Waals surface area contributed by atoms with Gasteiger partial charge in [-0.15, -0.1) is 0 Å². The molecule has 2 aromatic heterocycles. The lowest BCUT2D eigenvalue weighted by molar-refractivity contribution is -0.613. The van der Waals surface area contributed by atoms with E-state index in [1.807, 2.05) is 13.0 Å². The van der Waals surface area contributed by atoms with Crippen molar-refractivity contribution in [3.8, 4) is 0 Å². The highest BCUT2D eigenvalue weighted by Crippen LogP contribution is 2.17. The van der Waals surface area contributed by atoms with Crippen molar-refractivity contribution in [3.05, 3.63) is 91.9 Å². The molecule has 3 rings (SSSR count). The molecule has 162 valence electrons. The first-order chi connectivity index (χ1) is 14.8. The fourth-order valence-electron chi connectivity index (χ4n) is 2.99. The number of aromatic nitrogens is 3. The molecule has 8 nitrogen and oxygen atoms in total. The van der Waals surface area contributed by atoms with E-state index in [1.54, 1.807) is 36.4 Å². The second-order valence-electron chi connectivity index (χ2n) is 6.86. The predicted molar refractivity (Wildman–Crippen MR) is 119 cm³/mol. The maximum atomic E-state index is 12.7. The molecule has 0 spiro atoms. The zero-order valence-electron chi connectivity index (χ0n) is 16.7. The molecule has 1 aromatic carbocycles. The summed E-state index contributed by atoms with van der Waals surface area (Å²) >= 11 is 12.1. The number of halogens is 2. The Morgan fingerprint density at radius 3 is 2.81 bits per heavy atom. The van der Waals surface area contributed by atoms with E-state index >= 15 is 0 Å². The molecule has 0 saturated carbocycles. The fraction of sp³-hybridized carbons (Fsp3) is 0.238. The van der Waals surface area contributed by atoms with Gasteiger partial charge in [0.1, 0.15) is 11.7 Å². The number of rotatable bonds is 8. The van der Waals surface area contributed by atoms with E-state index < -0.39 is 5.56 Å². The number of benzene rings is 1. The Morgan fingerprint density at radius 2 is 2.06 bits per heavy atom. The molecular weight excluding hydrogens is 441 g/mol. The van der Waals surface area contributed by atoms with Gasteiger partial charge in [-0.25, -0.2) is 4.98 Å². The molecule has 0 radical (unpaired) electrons. The van der Waals surface area contributed by atoms with Crippen molar-refractivity contribution in [3.63, 3.8) is 0 Å². The average Bonchev–Trinajstić information content (AvgIpc) is 2.74. The molecule has 0 aliphatic carbocycles. The summed E-state index contributed by atoms with van der Waals surface area (Å²) in [5, 5.41) is 18.0. The van der Waals surface area contributed by atoms with Crippen LogP contribution in [0.4, 0.5) is 5.82 Å². The second kappa shape index (κ2) is 10.3. The highest BCUT2D eigenvalue weighted by molar-refractivity contribution is 6.30. The van der Waals surface area contributed by atoms with Crippen LogP contribution in [0.25, 0.3) is 0 Å². The minimum atomic E-state index is -0.527. The van der Waals surface area contributed by atoms with Crippen LogP contribution in [0.15, 0.2) is 59.7 Å². The smallest absolute Gasteiger partial charge is 0.294 e. The first kappa shape index (κ1) is 22.6. The number of anilines is 1. The van der Waals surface area contributed by atoms with Gasteiger partial charge in [-0.1, -0.05) is 41.4 Å². The standard InChI is InChI=1S/C21H21Cl2N5O3/c1-14(15-5-4-6-16(22)11-15)26-19(29)13-27-18(23)12-25-20(21(27)30)24-9-8-17-7-2-3-10-28(17)31/h2-7,10-12,14H,8-9,13H2,1H3,(H,24,25)(H,26,29)/t14-/m1/s1. The molecule has 1 amide bonds. The molecule has 1 atom stereocenters. The minimum absolute atomic E-state index is 0.0431. The number of amides is 1. The van der Waals surface area contributed by atoms with Crippen LogP contribution in [-0.2, 0) is 17.8 Å². The quantitative estimate of drug-likeness (QED) is 0.396. The van der Waals surface area contributed by atoms with Crippen LogP contribution in [-0.4, -0.2) is 22.0 Å². The number of nitrogens with one attached hydrogen (secondary N) is 2. The second-order valence-corrected chi connectivity index (χ2v) is 7.68. The summed E-state index contributed by atoms with van der Waals surface area (Å²) in [5.41, 5.74) is 0.868. The number of nitrogens with zero attached hydrogens (tertiary/aromatic N) is 3. The van der Waals surface area contributed by atoms with Crippen LogP contribution in [0, 0.1) is 5.21 Å². The summed E-state index contributed by atoms with van der Waals surface area (Å²) in [4.78, 5) is 29.2. The van der Waals surface area contributed by atoms with Crippen LogP contribution in [0.1, 0.15) is 24.2 Å². The summed E-state index contributed by atoms with van der Waals surface area (Å²) in [6, 6.07) is 12.0. The third-order valence-corrected chi connectivity index (χ3v) is 5.15. The first-order valence-corrected chi connectivity index (χ1v) is 10.3. The lowest BCUT2D eigenvalue weighted by Crippen LogP contribution is -2.35. The molecule has 10 heteroatoms. The Labute approximate surface area is 189 Å². The van der Waals surface area contributed by atoms with E-state index in [0.717, 1.165) is 14.9 Å². The van der Waals surface area contributed by atoms with Crippen molar-refractivity contribution in [1.29, 1.82) is 0 Å². The molecule has 2 heterocycles. The van der Waals surface area contributed by atoms with E-state index in [0.29, 0.717) is 23.7 Å². The van der Waals surface area contributed by atoms with Crippen molar-refractivity contribution in [1.82, 2.24) is 14.9 Å². The van der Waals surface area contributed by atoms with E-state index in [-0.39, 0.29) is 29.5 Å². The van der Waals surface area contributed by atoms with Gasteiger partial charge in [0.2, 0.25) is 5.91 Å². The van der Waals surface area contributed by atoms with E-state index in [2.05, 4.69) is 15.6 Å². The summed E-state index contributed by atoms with van der Waals surface area (Å²) in [6.45, 7) is 1.87. The van der Waals surface area contributed by atoms with E-state index in [9.17, 15) is 14.8 Å². The number of pyridine rings is 1. The van der Waals surface area contributed by atoms with Gasteiger partial charge in [0.05, 0.1) is 18.7 Å². The van der Waals surface area contributed by atoms with Crippen LogP contribution < -0.4 is 20.9 Å². The highest BCUT2D eigenvalue weighted by atomic mass is 35.5. The number of hydrogen-bond acceptors (Lipinski definition) is 5. The summed E-state index contributed by atoms with van der Waals surface area (Å²) in [6.07, 6.45) is 3.10. The number of carbonyl (C=O) groups excluding carboxylic acids is 1. The topological polar surface area (TPSA) is 103 Å². The van der Waals surface area contributed by atoms with Crippen molar-refractivity contribution in [2.45, 2.75) is 25.9 Å². The van der Waals surface area contributed by atoms with Gasteiger partial charge in [-0.2, -0.15) is 4.73 Å². The van der Waals surface area contributed by atoms with Gasteiger partial charge < -0.3 is 15.8 Å². The number of hydrogen-bond donors (Lipinski definition) is 2. The highest BCUT2D eigenvalue weighted by Gasteiger charge is 2.15. The Kier molecular flexibility index (Phi) is 7.49. The molecular formula is C21H21Cl2N5O3. The van der Waals surface area contributed by atoms with Crippen molar-refractivity contribution in [2.75, 3.05) is 11.9 Å². The first-order valence-electron chi connectivity index (χ1n) is 9.56. The van der Waals surface area contributed by atoms with Gasteiger partial charge in [-0.05, 0) is 24.6 Å². The fourth-order valence-corrected chi connectivity index (χ4v) is 3.38. The maximum absolute atomic E-state index is 12.7. The van der Waals surface area contributed by atoms with Gasteiger partial charge in [0, 0.05) is 23.7 Å². The van der Waals surface area contributed by atoms with Crippen molar-refractivity contribution >= 4 is 34.9 Å². The number of carbonyl (C=O) groups is 1. The van der Waals surface area contributed by atoms with Crippen molar-refractivity contribution in [2.24, 2.45) is 0 Å². The Hall–Kier alpha value is -3.10. The molecule has 0 fully saturated rings. The molecule has 31 heavy (non-hydrogen) atoms. The average molecular weight is 462 g/mol. The molecule has 0 bridgehead atoms. The Bertz CT molecular complexity index is 1140. The van der Waals surface area contributed by atoms with Gasteiger partial charge in [-0.3, -0.25) is 14.2 Å². The molecule has 0 aliphatic heterocycles. The Balaban J connectivity index is 1.65. The molecule has 3 aromatic rings. The predicted octanol–water partition coefficient (Wildman–Crippen LogP) is 2.72. The molecule has 0 aliphatic rings. The van der Waals surface area contributed by atoms with Gasteiger partial charge >= 0.3 is 0 Å². The molecule has 0 unspecified atom stereocenters. The zero-order chi connectivity index (χ0) is 22.4. The van der Waals surface area contributed by atoms with Crippen LogP contribution >= 0.6 is 23.2 Å². The summed E-state index contributed by atoms with van der Waals surface area (Å²) in [7, 11) is 0. The lowest BCUT2D eigenvalue weighted by Gasteiger charge is -2.16. The van der Waals surface area contributed by atoms with E-state index in [4.69, 9.17) is 23.2 Å². The summed E-state index contributed by atoms with van der Waals surface area (Å²) in [5.74, 6) is -0.334. The zero-order valence-corrected chi connectivity index (χ0v) is 18.2. The molecule has 2 N–H and O–H groups in total. The maximum Gasteiger partial charge on any atom is 0.294 e. The summed E-state index contributed by atoms with van der Waals surface area (Å²) < 4.78 is 1.90. The monoisotopic (exact) mass is 461 g/mol. The van der Waals surface area contributed by atoms with E-state index in [1.165, 1.54) is 12.4 Å². The third kappa shape index (κ3) is 5.96. The van der Waals surface area contributed by atoms with Crippen LogP contribution in [0.5, 0.6) is 0 Å².